The molecule has 0 aliphatic carbocycles. The molecule has 0 saturated heterocycles. The average Bonchev–Trinajstić information content (AvgIpc) is 2.58. The molecule has 0 amide bonds. The number of hydrogen-bond donors (Lipinski definition) is 2. The molecule has 4 nitrogen and oxygen atoms in total. The van der Waals surface area contributed by atoms with Gasteiger partial charge in [-0.25, -0.2) is 4.98 Å². The molecule has 0 spiro atoms. The molecule has 0 aromatic carbocycles. The SMILES string of the molecule is Cc1ncsc1CCSC[C@H](N)C(=O)O. The van der Waals surface area contributed by atoms with Crippen molar-refractivity contribution in [1.82, 2.24) is 4.98 Å². The maximum Gasteiger partial charge on any atom is 0.321 e. The Bertz CT molecular complexity index is 328. The summed E-state index contributed by atoms with van der Waals surface area (Å²) in [5.41, 5.74) is 8.28. The van der Waals surface area contributed by atoms with Crippen LogP contribution < -0.4 is 5.73 Å². The van der Waals surface area contributed by atoms with Gasteiger partial charge in [0.1, 0.15) is 6.04 Å². The Morgan fingerprint density at radius 2 is 2.53 bits per heavy atom. The van der Waals surface area contributed by atoms with Gasteiger partial charge in [0.25, 0.3) is 0 Å². The highest BCUT2D eigenvalue weighted by atomic mass is 32.2. The highest BCUT2D eigenvalue weighted by molar-refractivity contribution is 7.99. The molecule has 0 saturated carbocycles. The maximum atomic E-state index is 10.4. The second-order valence-electron chi connectivity index (χ2n) is 3.13. The second kappa shape index (κ2) is 6.09. The summed E-state index contributed by atoms with van der Waals surface area (Å²) in [5, 5.41) is 8.56. The van der Waals surface area contributed by atoms with E-state index >= 15 is 0 Å². The van der Waals surface area contributed by atoms with E-state index in [2.05, 4.69) is 4.98 Å². The van der Waals surface area contributed by atoms with Gasteiger partial charge in [-0.3, -0.25) is 4.79 Å². The predicted molar refractivity (Wildman–Crippen MR) is 63.5 cm³/mol. The lowest BCUT2D eigenvalue weighted by molar-refractivity contribution is -0.137. The Morgan fingerprint density at radius 3 is 3.07 bits per heavy atom. The predicted octanol–water partition coefficient (Wildman–Crippen LogP) is 1.14. The number of hydrogen-bond acceptors (Lipinski definition) is 5. The first-order chi connectivity index (χ1) is 7.11. The van der Waals surface area contributed by atoms with Gasteiger partial charge < -0.3 is 10.8 Å². The van der Waals surface area contributed by atoms with Crippen LogP contribution in [0.1, 0.15) is 10.6 Å². The fraction of sp³-hybridized carbons (Fsp3) is 0.556. The molecule has 3 N–H and O–H groups in total. The van der Waals surface area contributed by atoms with Crippen molar-refractivity contribution < 1.29 is 9.90 Å². The van der Waals surface area contributed by atoms with Crippen molar-refractivity contribution in [2.45, 2.75) is 19.4 Å². The summed E-state index contributed by atoms with van der Waals surface area (Å²) in [6.07, 6.45) is 0.938. The van der Waals surface area contributed by atoms with E-state index in [1.54, 1.807) is 23.1 Å². The first-order valence-electron chi connectivity index (χ1n) is 4.56. The number of thioether (sulfide) groups is 1. The zero-order valence-electron chi connectivity index (χ0n) is 8.47. The molecule has 6 heteroatoms. The standard InChI is InChI=1S/C9H14N2O2S2/c1-6-8(15-5-11-6)2-3-14-4-7(10)9(12)13/h5,7H,2-4,10H2,1H3,(H,12,13)/t7-/m0/s1. The van der Waals surface area contributed by atoms with Gasteiger partial charge in [0.05, 0.1) is 11.2 Å². The van der Waals surface area contributed by atoms with E-state index in [9.17, 15) is 4.79 Å². The quantitative estimate of drug-likeness (QED) is 0.736. The molecule has 0 bridgehead atoms. The largest absolute Gasteiger partial charge is 0.480 e. The number of carbonyl (C=O) groups is 1. The van der Waals surface area contributed by atoms with Crippen LogP contribution in [-0.2, 0) is 11.2 Å². The van der Waals surface area contributed by atoms with Crippen molar-refractivity contribution in [2.24, 2.45) is 5.73 Å². The lowest BCUT2D eigenvalue weighted by atomic mass is 10.3. The van der Waals surface area contributed by atoms with E-state index in [1.165, 1.54) is 4.88 Å². The molecule has 1 heterocycles. The average molecular weight is 246 g/mol. The number of carboxylic acids is 1. The van der Waals surface area contributed by atoms with Crippen LogP contribution in [-0.4, -0.2) is 33.6 Å². The molecule has 84 valence electrons. The zero-order valence-corrected chi connectivity index (χ0v) is 10.1. The summed E-state index contributed by atoms with van der Waals surface area (Å²) in [6, 6.07) is -0.752. The minimum Gasteiger partial charge on any atom is -0.480 e. The molecule has 0 aliphatic heterocycles. The van der Waals surface area contributed by atoms with Gasteiger partial charge in [-0.1, -0.05) is 0 Å². The van der Waals surface area contributed by atoms with E-state index < -0.39 is 12.0 Å². The van der Waals surface area contributed by atoms with E-state index in [1.807, 2.05) is 12.4 Å². The van der Waals surface area contributed by atoms with Crippen molar-refractivity contribution in [1.29, 1.82) is 0 Å². The normalized spacial score (nSPS) is 12.7. The lowest BCUT2D eigenvalue weighted by Gasteiger charge is -2.05. The number of aromatic nitrogens is 1. The summed E-state index contributed by atoms with van der Waals surface area (Å²) in [4.78, 5) is 15.8. The fourth-order valence-corrected chi connectivity index (χ4v) is 2.83. The first-order valence-corrected chi connectivity index (χ1v) is 6.59. The molecule has 1 aromatic rings. The van der Waals surface area contributed by atoms with E-state index in [-0.39, 0.29) is 0 Å². The molecule has 1 rings (SSSR count). The van der Waals surface area contributed by atoms with Crippen LogP contribution in [0, 0.1) is 6.92 Å². The van der Waals surface area contributed by atoms with E-state index in [4.69, 9.17) is 10.8 Å². The Morgan fingerprint density at radius 1 is 1.80 bits per heavy atom. The van der Waals surface area contributed by atoms with Crippen LogP contribution >= 0.6 is 23.1 Å². The van der Waals surface area contributed by atoms with Gasteiger partial charge in [-0.2, -0.15) is 11.8 Å². The molecule has 1 aromatic heterocycles. The molecule has 0 aliphatic rings. The van der Waals surface area contributed by atoms with Gasteiger partial charge in [-0.15, -0.1) is 11.3 Å². The molecule has 1 atom stereocenters. The van der Waals surface area contributed by atoms with Crippen molar-refractivity contribution in [3.8, 4) is 0 Å². The van der Waals surface area contributed by atoms with Crippen molar-refractivity contribution >= 4 is 29.1 Å². The molecule has 0 unspecified atom stereocenters. The Hall–Kier alpha value is -0.590. The minimum absolute atomic E-state index is 0.465. The monoisotopic (exact) mass is 246 g/mol. The van der Waals surface area contributed by atoms with Crippen LogP contribution in [0.3, 0.4) is 0 Å². The molecular weight excluding hydrogens is 232 g/mol. The minimum atomic E-state index is -0.934. The number of aryl methyl sites for hydroxylation is 2. The third kappa shape index (κ3) is 4.19. The van der Waals surface area contributed by atoms with E-state index in [0.29, 0.717) is 5.75 Å². The summed E-state index contributed by atoms with van der Waals surface area (Å²) in [7, 11) is 0. The Labute approximate surface area is 96.9 Å². The van der Waals surface area contributed by atoms with Crippen molar-refractivity contribution in [3.05, 3.63) is 16.1 Å². The van der Waals surface area contributed by atoms with Crippen LogP contribution in [0.2, 0.25) is 0 Å². The number of thiazole rings is 1. The highest BCUT2D eigenvalue weighted by Gasteiger charge is 2.10. The number of carboxylic acid groups (broad SMARTS) is 1. The van der Waals surface area contributed by atoms with Crippen LogP contribution in [0.15, 0.2) is 5.51 Å². The van der Waals surface area contributed by atoms with Gasteiger partial charge in [0.2, 0.25) is 0 Å². The third-order valence-electron chi connectivity index (χ3n) is 1.93. The number of aliphatic carboxylic acids is 1. The fourth-order valence-electron chi connectivity index (χ4n) is 1.01. The van der Waals surface area contributed by atoms with Crippen LogP contribution in [0.25, 0.3) is 0 Å². The third-order valence-corrected chi connectivity index (χ3v) is 4.02. The number of rotatable bonds is 6. The highest BCUT2D eigenvalue weighted by Crippen LogP contribution is 2.15. The molecule has 0 radical (unpaired) electrons. The Kier molecular flexibility index (Phi) is 5.07. The summed E-state index contributed by atoms with van der Waals surface area (Å²) < 4.78 is 0. The lowest BCUT2D eigenvalue weighted by Crippen LogP contribution is -2.32. The second-order valence-corrected chi connectivity index (χ2v) is 5.22. The Balaban J connectivity index is 2.17. The summed E-state index contributed by atoms with van der Waals surface area (Å²) in [5.74, 6) is 0.425. The van der Waals surface area contributed by atoms with E-state index in [0.717, 1.165) is 17.9 Å². The van der Waals surface area contributed by atoms with Gasteiger partial charge in [0.15, 0.2) is 0 Å². The topological polar surface area (TPSA) is 76.2 Å². The first kappa shape index (κ1) is 12.5. The van der Waals surface area contributed by atoms with Crippen molar-refractivity contribution in [3.63, 3.8) is 0 Å². The van der Waals surface area contributed by atoms with Gasteiger partial charge >= 0.3 is 5.97 Å². The maximum absolute atomic E-state index is 10.4. The summed E-state index contributed by atoms with van der Waals surface area (Å²) in [6.45, 7) is 1.99. The molecule has 0 fully saturated rings. The summed E-state index contributed by atoms with van der Waals surface area (Å²) >= 11 is 3.21. The van der Waals surface area contributed by atoms with Crippen LogP contribution in [0.5, 0.6) is 0 Å². The van der Waals surface area contributed by atoms with Crippen molar-refractivity contribution in [2.75, 3.05) is 11.5 Å². The van der Waals surface area contributed by atoms with Gasteiger partial charge in [0, 0.05) is 10.6 Å². The molecule has 15 heavy (non-hydrogen) atoms. The van der Waals surface area contributed by atoms with Crippen LogP contribution in [0.4, 0.5) is 0 Å². The number of nitrogens with zero attached hydrogens (tertiary/aromatic N) is 1. The zero-order chi connectivity index (χ0) is 11.3. The van der Waals surface area contributed by atoms with Gasteiger partial charge in [-0.05, 0) is 19.1 Å². The number of nitrogens with two attached hydrogens (primary N) is 1. The smallest absolute Gasteiger partial charge is 0.321 e. The molecular formula is C9H14N2O2S2.